The molecule has 2 aromatic rings. The number of methoxy groups -OCH3 is 1. The highest BCUT2D eigenvalue weighted by molar-refractivity contribution is 9.10. The molecule has 2 aliphatic rings. The Morgan fingerprint density at radius 3 is 2.85 bits per heavy atom. The molecule has 4 nitrogen and oxygen atoms in total. The van der Waals surface area contributed by atoms with Gasteiger partial charge in [0.2, 0.25) is 0 Å². The summed E-state index contributed by atoms with van der Waals surface area (Å²) in [6.45, 7) is 1.39. The van der Waals surface area contributed by atoms with Gasteiger partial charge in [-0.15, -0.1) is 0 Å². The van der Waals surface area contributed by atoms with Crippen LogP contribution in [0.15, 0.2) is 53.0 Å². The topological polar surface area (TPSA) is 47.6 Å². The molecule has 5 heteroatoms. The van der Waals surface area contributed by atoms with Gasteiger partial charge in [-0.3, -0.25) is 4.79 Å². The standard InChI is InChI=1S/C21H20BrNO3/c1-12(24)26-18-10-9-13(11-19(18)25-2)20-15-6-3-5-14(15)16-7-4-8-17(22)21(16)23-20/h3-5,7-11,14-15,20,23H,6H2,1-2H3. The van der Waals surface area contributed by atoms with Crippen LogP contribution in [0.4, 0.5) is 5.69 Å². The van der Waals surface area contributed by atoms with E-state index in [0.717, 1.165) is 22.1 Å². The number of halogens is 1. The van der Waals surface area contributed by atoms with E-state index in [9.17, 15) is 4.79 Å². The molecule has 134 valence electrons. The number of hydrogen-bond donors (Lipinski definition) is 1. The summed E-state index contributed by atoms with van der Waals surface area (Å²) in [6, 6.07) is 12.3. The number of anilines is 1. The number of carbonyl (C=O) groups excluding carboxylic acids is 1. The van der Waals surface area contributed by atoms with Gasteiger partial charge >= 0.3 is 5.97 Å². The zero-order valence-electron chi connectivity index (χ0n) is 14.7. The van der Waals surface area contributed by atoms with Gasteiger partial charge in [0.25, 0.3) is 0 Å². The summed E-state index contributed by atoms with van der Waals surface area (Å²) < 4.78 is 11.8. The Morgan fingerprint density at radius 2 is 2.08 bits per heavy atom. The van der Waals surface area contributed by atoms with Crippen molar-refractivity contribution in [1.29, 1.82) is 0 Å². The Hall–Kier alpha value is -2.27. The third-order valence-corrected chi connectivity index (χ3v) is 5.81. The fourth-order valence-corrected chi connectivity index (χ4v) is 4.53. The van der Waals surface area contributed by atoms with Gasteiger partial charge in [0.05, 0.1) is 18.8 Å². The third-order valence-electron chi connectivity index (χ3n) is 5.15. The highest BCUT2D eigenvalue weighted by atomic mass is 79.9. The minimum atomic E-state index is -0.357. The Bertz CT molecular complexity index is 893. The number of benzene rings is 2. The molecule has 0 spiro atoms. The number of allylic oxidation sites excluding steroid dienone is 2. The molecule has 1 aliphatic carbocycles. The molecule has 26 heavy (non-hydrogen) atoms. The lowest BCUT2D eigenvalue weighted by Crippen LogP contribution is -2.29. The highest BCUT2D eigenvalue weighted by Crippen LogP contribution is 2.52. The van der Waals surface area contributed by atoms with Crippen LogP contribution >= 0.6 is 15.9 Å². The van der Waals surface area contributed by atoms with Gasteiger partial charge in [-0.25, -0.2) is 0 Å². The zero-order valence-corrected chi connectivity index (χ0v) is 16.2. The van der Waals surface area contributed by atoms with Gasteiger partial charge in [-0.2, -0.15) is 0 Å². The molecule has 3 unspecified atom stereocenters. The minimum Gasteiger partial charge on any atom is -0.493 e. The fourth-order valence-electron chi connectivity index (χ4n) is 4.03. The van der Waals surface area contributed by atoms with Gasteiger partial charge in [0.15, 0.2) is 11.5 Å². The van der Waals surface area contributed by atoms with Crippen molar-refractivity contribution in [2.75, 3.05) is 12.4 Å². The number of fused-ring (bicyclic) bond motifs is 3. The summed E-state index contributed by atoms with van der Waals surface area (Å²) in [5.74, 6) is 1.50. The second-order valence-corrected chi connectivity index (χ2v) is 7.54. The van der Waals surface area contributed by atoms with E-state index in [1.54, 1.807) is 7.11 Å². The molecule has 0 saturated heterocycles. The predicted molar refractivity (Wildman–Crippen MR) is 105 cm³/mol. The van der Waals surface area contributed by atoms with Crippen molar-refractivity contribution >= 4 is 27.6 Å². The molecule has 0 saturated carbocycles. The Morgan fingerprint density at radius 1 is 1.23 bits per heavy atom. The van der Waals surface area contributed by atoms with E-state index in [-0.39, 0.29) is 12.0 Å². The zero-order chi connectivity index (χ0) is 18.3. The predicted octanol–water partition coefficient (Wildman–Crippen LogP) is 5.21. The molecule has 0 fully saturated rings. The van der Waals surface area contributed by atoms with E-state index in [1.165, 1.54) is 12.5 Å². The van der Waals surface area contributed by atoms with Crippen LogP contribution < -0.4 is 14.8 Å². The number of hydrogen-bond acceptors (Lipinski definition) is 4. The Kier molecular flexibility index (Phi) is 4.49. The number of carbonyl (C=O) groups is 1. The van der Waals surface area contributed by atoms with Crippen LogP contribution in [-0.4, -0.2) is 13.1 Å². The first-order valence-corrected chi connectivity index (χ1v) is 9.45. The van der Waals surface area contributed by atoms with Crippen LogP contribution in [0.25, 0.3) is 0 Å². The molecule has 1 N–H and O–H groups in total. The summed E-state index contributed by atoms with van der Waals surface area (Å²) >= 11 is 3.68. The number of nitrogens with one attached hydrogen (secondary N) is 1. The smallest absolute Gasteiger partial charge is 0.308 e. The van der Waals surface area contributed by atoms with Crippen molar-refractivity contribution < 1.29 is 14.3 Å². The third kappa shape index (κ3) is 2.90. The molecule has 0 bridgehead atoms. The number of ether oxygens (including phenoxy) is 2. The van der Waals surface area contributed by atoms with E-state index >= 15 is 0 Å². The average molecular weight is 414 g/mol. The monoisotopic (exact) mass is 413 g/mol. The first-order valence-electron chi connectivity index (χ1n) is 8.66. The summed E-state index contributed by atoms with van der Waals surface area (Å²) in [7, 11) is 1.59. The molecule has 2 aromatic carbocycles. The maximum absolute atomic E-state index is 11.3. The number of rotatable bonds is 3. The summed E-state index contributed by atoms with van der Waals surface area (Å²) in [4.78, 5) is 11.3. The highest BCUT2D eigenvalue weighted by Gasteiger charge is 2.38. The SMILES string of the molecule is COc1cc(C2Nc3c(Br)cccc3C3C=CCC32)ccc1OC(C)=O. The summed E-state index contributed by atoms with van der Waals surface area (Å²) in [5, 5.41) is 3.71. The van der Waals surface area contributed by atoms with Crippen LogP contribution in [-0.2, 0) is 4.79 Å². The van der Waals surface area contributed by atoms with Crippen LogP contribution in [0.2, 0.25) is 0 Å². The van der Waals surface area contributed by atoms with Gasteiger partial charge in [-0.1, -0.05) is 30.4 Å². The summed E-state index contributed by atoms with van der Waals surface area (Å²) in [6.07, 6.45) is 5.61. The van der Waals surface area contributed by atoms with Crippen molar-refractivity contribution in [3.8, 4) is 11.5 Å². The number of para-hydroxylation sites is 1. The normalized spacial score (nSPS) is 23.0. The lowest BCUT2D eigenvalue weighted by molar-refractivity contribution is -0.132. The molecule has 3 atom stereocenters. The van der Waals surface area contributed by atoms with Gasteiger partial charge in [-0.05, 0) is 57.6 Å². The molecule has 0 amide bonds. The minimum absolute atomic E-state index is 0.154. The average Bonchev–Trinajstić information content (AvgIpc) is 3.11. The Balaban J connectivity index is 1.74. The molecule has 0 radical (unpaired) electrons. The van der Waals surface area contributed by atoms with Crippen molar-refractivity contribution in [2.45, 2.75) is 25.3 Å². The molecule has 0 aromatic heterocycles. The molecular weight excluding hydrogens is 394 g/mol. The van der Waals surface area contributed by atoms with Crippen LogP contribution in [0.1, 0.15) is 36.4 Å². The lowest BCUT2D eigenvalue weighted by Gasteiger charge is -2.38. The van der Waals surface area contributed by atoms with Crippen LogP contribution in [0.5, 0.6) is 11.5 Å². The molecule has 1 heterocycles. The van der Waals surface area contributed by atoms with E-state index in [4.69, 9.17) is 9.47 Å². The van der Waals surface area contributed by atoms with Crippen molar-refractivity contribution in [3.63, 3.8) is 0 Å². The van der Waals surface area contributed by atoms with Crippen molar-refractivity contribution in [3.05, 3.63) is 64.1 Å². The van der Waals surface area contributed by atoms with Crippen LogP contribution in [0, 0.1) is 5.92 Å². The van der Waals surface area contributed by atoms with E-state index in [2.05, 4.69) is 51.6 Å². The largest absolute Gasteiger partial charge is 0.493 e. The number of esters is 1. The van der Waals surface area contributed by atoms with E-state index < -0.39 is 0 Å². The van der Waals surface area contributed by atoms with Gasteiger partial charge in [0.1, 0.15) is 0 Å². The fraction of sp³-hybridized carbons (Fsp3) is 0.286. The Labute approximate surface area is 161 Å². The molecular formula is C21H20BrNO3. The summed E-state index contributed by atoms with van der Waals surface area (Å²) in [5.41, 5.74) is 3.60. The van der Waals surface area contributed by atoms with Crippen molar-refractivity contribution in [1.82, 2.24) is 0 Å². The molecule has 4 rings (SSSR count). The van der Waals surface area contributed by atoms with Gasteiger partial charge in [0, 0.05) is 17.3 Å². The first kappa shape index (κ1) is 17.2. The van der Waals surface area contributed by atoms with Crippen molar-refractivity contribution in [2.24, 2.45) is 5.92 Å². The second kappa shape index (κ2) is 6.80. The second-order valence-electron chi connectivity index (χ2n) is 6.68. The quantitative estimate of drug-likeness (QED) is 0.426. The van der Waals surface area contributed by atoms with E-state index in [0.29, 0.717) is 23.3 Å². The maximum atomic E-state index is 11.3. The van der Waals surface area contributed by atoms with E-state index in [1.807, 2.05) is 18.2 Å². The molecule has 1 aliphatic heterocycles. The lowest BCUT2D eigenvalue weighted by atomic mass is 9.77. The first-order chi connectivity index (χ1) is 12.6. The maximum Gasteiger partial charge on any atom is 0.308 e. The van der Waals surface area contributed by atoms with Crippen LogP contribution in [0.3, 0.4) is 0 Å². The van der Waals surface area contributed by atoms with Gasteiger partial charge < -0.3 is 14.8 Å².